The number of nitrogens with two attached hydrogens (primary N) is 1. The van der Waals surface area contributed by atoms with Crippen LogP contribution in [0, 0.1) is 5.82 Å². The Hall–Kier alpha value is -1.87. The van der Waals surface area contributed by atoms with Gasteiger partial charge in [0, 0.05) is 12.0 Å². The Morgan fingerprint density at radius 3 is 2.53 bits per heavy atom. The molecule has 19 heavy (non-hydrogen) atoms. The zero-order valence-corrected chi connectivity index (χ0v) is 10.6. The Kier molecular flexibility index (Phi) is 3.22. The molecule has 2 N–H and O–H groups in total. The second-order valence-corrected chi connectivity index (χ2v) is 4.97. The Bertz CT molecular complexity index is 570. The zero-order chi connectivity index (χ0) is 13.2. The number of hydrogen-bond donors (Lipinski definition) is 1. The predicted octanol–water partition coefficient (Wildman–Crippen LogP) is 3.22. The molecule has 0 amide bonds. The van der Waals surface area contributed by atoms with E-state index >= 15 is 0 Å². The number of benzene rings is 2. The number of ether oxygens (including phenoxy) is 1. The summed E-state index contributed by atoms with van der Waals surface area (Å²) in [6.07, 6.45) is 0.948. The quantitative estimate of drug-likeness (QED) is 0.912. The molecule has 3 heteroatoms. The predicted molar refractivity (Wildman–Crippen MR) is 72.5 cm³/mol. The molecule has 2 nitrogen and oxygen atoms in total. The molecule has 2 unspecified atom stereocenters. The highest BCUT2D eigenvalue weighted by molar-refractivity contribution is 5.35. The number of hydrogen-bond acceptors (Lipinski definition) is 2. The van der Waals surface area contributed by atoms with Crippen LogP contribution in [0.15, 0.2) is 48.5 Å². The molecule has 0 radical (unpaired) electrons. The SMILES string of the molecule is NC1CC1c1ccc(OCc2ccccc2)c(F)c1. The van der Waals surface area contributed by atoms with E-state index in [1.54, 1.807) is 6.07 Å². The molecule has 98 valence electrons. The molecule has 0 aromatic heterocycles. The van der Waals surface area contributed by atoms with Gasteiger partial charge in [-0.15, -0.1) is 0 Å². The second-order valence-electron chi connectivity index (χ2n) is 4.97. The summed E-state index contributed by atoms with van der Waals surface area (Å²) in [5.41, 5.74) is 7.76. The molecule has 2 aromatic rings. The highest BCUT2D eigenvalue weighted by Gasteiger charge is 2.35. The van der Waals surface area contributed by atoms with Crippen LogP contribution in [0.3, 0.4) is 0 Å². The summed E-state index contributed by atoms with van der Waals surface area (Å²) in [5, 5.41) is 0. The summed E-state index contributed by atoms with van der Waals surface area (Å²) in [4.78, 5) is 0. The molecule has 0 saturated heterocycles. The van der Waals surface area contributed by atoms with Crippen LogP contribution in [-0.4, -0.2) is 6.04 Å². The third-order valence-electron chi connectivity index (χ3n) is 3.46. The monoisotopic (exact) mass is 257 g/mol. The molecular formula is C16H16FNO. The van der Waals surface area contributed by atoms with E-state index in [1.165, 1.54) is 6.07 Å². The summed E-state index contributed by atoms with van der Waals surface area (Å²) in [7, 11) is 0. The van der Waals surface area contributed by atoms with Gasteiger partial charge in [0.2, 0.25) is 0 Å². The second kappa shape index (κ2) is 5.02. The van der Waals surface area contributed by atoms with Gasteiger partial charge in [-0.3, -0.25) is 0 Å². The van der Waals surface area contributed by atoms with Crippen LogP contribution in [0.4, 0.5) is 4.39 Å². The van der Waals surface area contributed by atoms with Crippen molar-refractivity contribution in [1.82, 2.24) is 0 Å². The lowest BCUT2D eigenvalue weighted by atomic mass is 10.1. The van der Waals surface area contributed by atoms with Crippen molar-refractivity contribution in [3.8, 4) is 5.75 Å². The van der Waals surface area contributed by atoms with Gasteiger partial charge in [-0.05, 0) is 29.7 Å². The first-order valence-electron chi connectivity index (χ1n) is 6.46. The lowest BCUT2D eigenvalue weighted by Crippen LogP contribution is -2.02. The number of halogens is 1. The van der Waals surface area contributed by atoms with Gasteiger partial charge < -0.3 is 10.5 Å². The van der Waals surface area contributed by atoms with E-state index in [9.17, 15) is 4.39 Å². The van der Waals surface area contributed by atoms with Crippen molar-refractivity contribution >= 4 is 0 Å². The van der Waals surface area contributed by atoms with Crippen molar-refractivity contribution < 1.29 is 9.13 Å². The highest BCUT2D eigenvalue weighted by Crippen LogP contribution is 2.40. The van der Waals surface area contributed by atoms with E-state index in [0.717, 1.165) is 17.5 Å². The van der Waals surface area contributed by atoms with Crippen LogP contribution in [0.25, 0.3) is 0 Å². The first-order valence-corrected chi connectivity index (χ1v) is 6.46. The maximum atomic E-state index is 13.9. The lowest BCUT2D eigenvalue weighted by Gasteiger charge is -2.08. The maximum Gasteiger partial charge on any atom is 0.165 e. The van der Waals surface area contributed by atoms with Crippen molar-refractivity contribution in [2.45, 2.75) is 25.0 Å². The summed E-state index contributed by atoms with van der Waals surface area (Å²) in [6, 6.07) is 15.1. The van der Waals surface area contributed by atoms with E-state index in [2.05, 4.69) is 0 Å². The Balaban J connectivity index is 1.68. The minimum absolute atomic E-state index is 0.190. The van der Waals surface area contributed by atoms with Gasteiger partial charge in [0.15, 0.2) is 11.6 Å². The fourth-order valence-electron chi connectivity index (χ4n) is 2.20. The highest BCUT2D eigenvalue weighted by atomic mass is 19.1. The van der Waals surface area contributed by atoms with Gasteiger partial charge in [-0.25, -0.2) is 4.39 Å². The standard InChI is InChI=1S/C16H16FNO/c17-14-8-12(13-9-15(13)18)6-7-16(14)19-10-11-4-2-1-3-5-11/h1-8,13,15H,9-10,18H2. The molecule has 1 fully saturated rings. The number of rotatable bonds is 4. The average Bonchev–Trinajstić information content (AvgIpc) is 3.16. The molecular weight excluding hydrogens is 241 g/mol. The van der Waals surface area contributed by atoms with E-state index in [-0.39, 0.29) is 11.9 Å². The van der Waals surface area contributed by atoms with Crippen LogP contribution < -0.4 is 10.5 Å². The van der Waals surface area contributed by atoms with Gasteiger partial charge in [-0.2, -0.15) is 0 Å². The topological polar surface area (TPSA) is 35.2 Å². The van der Waals surface area contributed by atoms with Crippen LogP contribution >= 0.6 is 0 Å². The molecule has 1 saturated carbocycles. The Labute approximate surface area is 112 Å². The summed E-state index contributed by atoms with van der Waals surface area (Å²) < 4.78 is 19.4. The molecule has 2 aromatic carbocycles. The minimum Gasteiger partial charge on any atom is -0.486 e. The first-order chi connectivity index (χ1) is 9.24. The van der Waals surface area contributed by atoms with Gasteiger partial charge >= 0.3 is 0 Å². The van der Waals surface area contributed by atoms with Crippen molar-refractivity contribution in [3.05, 3.63) is 65.5 Å². The van der Waals surface area contributed by atoms with Crippen LogP contribution in [0.1, 0.15) is 23.5 Å². The van der Waals surface area contributed by atoms with E-state index in [4.69, 9.17) is 10.5 Å². The van der Waals surface area contributed by atoms with Crippen molar-refractivity contribution in [2.24, 2.45) is 5.73 Å². The van der Waals surface area contributed by atoms with Crippen molar-refractivity contribution in [1.29, 1.82) is 0 Å². The zero-order valence-electron chi connectivity index (χ0n) is 10.6. The fourth-order valence-corrected chi connectivity index (χ4v) is 2.20. The molecule has 1 aliphatic carbocycles. The minimum atomic E-state index is -0.312. The van der Waals surface area contributed by atoms with Gasteiger partial charge in [0.1, 0.15) is 6.61 Å². The molecule has 3 rings (SSSR count). The van der Waals surface area contributed by atoms with E-state index in [0.29, 0.717) is 18.3 Å². The summed E-state index contributed by atoms with van der Waals surface area (Å²) in [5.74, 6) is 0.298. The molecule has 0 spiro atoms. The largest absolute Gasteiger partial charge is 0.486 e. The maximum absolute atomic E-state index is 13.9. The smallest absolute Gasteiger partial charge is 0.165 e. The van der Waals surface area contributed by atoms with Gasteiger partial charge in [-0.1, -0.05) is 36.4 Å². The first kappa shape index (κ1) is 12.2. The average molecular weight is 257 g/mol. The van der Waals surface area contributed by atoms with Crippen LogP contribution in [0.2, 0.25) is 0 Å². The van der Waals surface area contributed by atoms with Crippen LogP contribution in [-0.2, 0) is 6.61 Å². The lowest BCUT2D eigenvalue weighted by molar-refractivity contribution is 0.290. The van der Waals surface area contributed by atoms with Gasteiger partial charge in [0.05, 0.1) is 0 Å². The third kappa shape index (κ3) is 2.76. The molecule has 0 aliphatic heterocycles. The molecule has 1 aliphatic rings. The fraction of sp³-hybridized carbons (Fsp3) is 0.250. The Morgan fingerprint density at radius 2 is 1.89 bits per heavy atom. The molecule has 0 bridgehead atoms. The van der Waals surface area contributed by atoms with E-state index < -0.39 is 0 Å². The van der Waals surface area contributed by atoms with E-state index in [1.807, 2.05) is 36.4 Å². The normalized spacial score (nSPS) is 21.2. The third-order valence-corrected chi connectivity index (χ3v) is 3.46. The molecule has 0 heterocycles. The van der Waals surface area contributed by atoms with Crippen molar-refractivity contribution in [3.63, 3.8) is 0 Å². The summed E-state index contributed by atoms with van der Waals surface area (Å²) >= 11 is 0. The molecule has 2 atom stereocenters. The summed E-state index contributed by atoms with van der Waals surface area (Å²) in [6.45, 7) is 0.375. The van der Waals surface area contributed by atoms with Crippen LogP contribution in [0.5, 0.6) is 5.75 Å². The van der Waals surface area contributed by atoms with Gasteiger partial charge in [0.25, 0.3) is 0 Å². The van der Waals surface area contributed by atoms with Crippen molar-refractivity contribution in [2.75, 3.05) is 0 Å². The Morgan fingerprint density at radius 1 is 1.16 bits per heavy atom.